The summed E-state index contributed by atoms with van der Waals surface area (Å²) in [7, 11) is 0. The molecule has 0 aliphatic rings. The van der Waals surface area contributed by atoms with Crippen molar-refractivity contribution < 1.29 is 9.90 Å². The molecular weight excluding hydrogens is 268 g/mol. The van der Waals surface area contributed by atoms with Crippen molar-refractivity contribution in [3.8, 4) is 0 Å². The molecule has 1 N–H and O–H groups in total. The summed E-state index contributed by atoms with van der Waals surface area (Å²) in [6, 6.07) is 3.21. The highest BCUT2D eigenvalue weighted by Crippen LogP contribution is 2.29. The Morgan fingerprint density at radius 3 is 2.78 bits per heavy atom. The van der Waals surface area contributed by atoms with Gasteiger partial charge in [0.15, 0.2) is 4.34 Å². The molecule has 4 nitrogen and oxygen atoms in total. The number of carboxylic acid groups (broad SMARTS) is 1. The number of rotatable bonds is 4. The second kappa shape index (κ2) is 5.49. The van der Waals surface area contributed by atoms with Gasteiger partial charge in [-0.3, -0.25) is 0 Å². The number of hydrogen-bond acceptors (Lipinski definition) is 5. The third-order valence-electron chi connectivity index (χ3n) is 2.26. The van der Waals surface area contributed by atoms with Crippen molar-refractivity contribution in [2.45, 2.75) is 29.1 Å². The quantitative estimate of drug-likeness (QED) is 0.928. The third-order valence-corrected chi connectivity index (χ3v) is 4.06. The first kappa shape index (κ1) is 13.0. The van der Waals surface area contributed by atoms with Crippen LogP contribution in [0.25, 0.3) is 0 Å². The number of carboxylic acids is 1. The van der Waals surface area contributed by atoms with Crippen LogP contribution in [0.15, 0.2) is 33.1 Å². The van der Waals surface area contributed by atoms with Crippen molar-refractivity contribution in [2.75, 3.05) is 0 Å². The van der Waals surface area contributed by atoms with Gasteiger partial charge >= 0.3 is 5.97 Å². The maximum atomic E-state index is 11.1. The Morgan fingerprint density at radius 2 is 2.22 bits per heavy atom. The number of hydrogen-bond donors (Lipinski definition) is 1. The molecule has 2 aromatic heterocycles. The molecule has 2 aromatic rings. The Bertz CT molecular complexity index is 553. The average Bonchev–Trinajstić information content (AvgIpc) is 2.81. The van der Waals surface area contributed by atoms with Gasteiger partial charge in [0.05, 0.1) is 5.56 Å². The number of pyridine rings is 1. The van der Waals surface area contributed by atoms with Crippen LogP contribution in [0.3, 0.4) is 0 Å². The normalized spacial score (nSPS) is 10.8. The van der Waals surface area contributed by atoms with E-state index < -0.39 is 5.97 Å². The van der Waals surface area contributed by atoms with Crippen LogP contribution in [-0.2, 0) is 0 Å². The second-order valence-electron chi connectivity index (χ2n) is 3.98. The molecule has 18 heavy (non-hydrogen) atoms. The number of aromatic carboxylic acids is 1. The van der Waals surface area contributed by atoms with Gasteiger partial charge in [0, 0.05) is 17.3 Å². The van der Waals surface area contributed by atoms with Crippen LogP contribution in [-0.4, -0.2) is 21.0 Å². The van der Waals surface area contributed by atoms with E-state index in [4.69, 9.17) is 5.11 Å². The summed E-state index contributed by atoms with van der Waals surface area (Å²) in [4.78, 5) is 19.7. The summed E-state index contributed by atoms with van der Waals surface area (Å²) in [5, 5.41) is 11.6. The highest BCUT2D eigenvalue weighted by molar-refractivity contribution is 8.01. The Kier molecular flexibility index (Phi) is 3.98. The average molecular weight is 280 g/mol. The lowest BCUT2D eigenvalue weighted by Crippen LogP contribution is -2.02. The summed E-state index contributed by atoms with van der Waals surface area (Å²) >= 11 is 2.90. The fourth-order valence-corrected chi connectivity index (χ4v) is 2.95. The first-order valence-corrected chi connectivity index (χ1v) is 7.08. The zero-order chi connectivity index (χ0) is 13.1. The lowest BCUT2D eigenvalue weighted by atomic mass is 10.1. The fraction of sp³-hybridized carbons (Fsp3) is 0.250. The molecule has 0 aliphatic carbocycles. The molecule has 6 heteroatoms. The summed E-state index contributed by atoms with van der Waals surface area (Å²) in [5.41, 5.74) is 1.06. The Morgan fingerprint density at radius 1 is 1.44 bits per heavy atom. The molecule has 0 saturated carbocycles. The Balaban J connectivity index is 2.37. The molecular formula is C12H12N2O2S2. The largest absolute Gasteiger partial charge is 0.478 e. The van der Waals surface area contributed by atoms with E-state index in [0.717, 1.165) is 10.0 Å². The summed E-state index contributed by atoms with van der Waals surface area (Å²) in [6.45, 7) is 3.98. The van der Waals surface area contributed by atoms with E-state index in [1.54, 1.807) is 18.3 Å². The van der Waals surface area contributed by atoms with Crippen molar-refractivity contribution in [1.82, 2.24) is 9.97 Å². The first-order chi connectivity index (χ1) is 8.56. The summed E-state index contributed by atoms with van der Waals surface area (Å²) < 4.78 is 0.861. The minimum Gasteiger partial charge on any atom is -0.478 e. The van der Waals surface area contributed by atoms with Gasteiger partial charge in [-0.05, 0) is 29.8 Å². The molecule has 0 radical (unpaired) electrons. The summed E-state index contributed by atoms with van der Waals surface area (Å²) in [6.07, 6.45) is 1.72. The van der Waals surface area contributed by atoms with Crippen molar-refractivity contribution >= 4 is 29.1 Å². The van der Waals surface area contributed by atoms with Crippen LogP contribution in [0.4, 0.5) is 0 Å². The lowest BCUT2D eigenvalue weighted by Gasteiger charge is -2.08. The van der Waals surface area contributed by atoms with E-state index in [9.17, 15) is 4.79 Å². The molecule has 0 atom stereocenters. The van der Waals surface area contributed by atoms with Gasteiger partial charge in [-0.25, -0.2) is 14.8 Å². The van der Waals surface area contributed by atoms with Crippen LogP contribution in [0.2, 0.25) is 0 Å². The molecule has 2 heterocycles. The zero-order valence-electron chi connectivity index (χ0n) is 9.95. The highest BCUT2D eigenvalue weighted by Gasteiger charge is 2.12. The Hall–Kier alpha value is -1.40. The SMILES string of the molecule is CC(C)c1cc(C(=O)O)cc(Sc2nccs2)n1. The molecule has 0 aromatic carbocycles. The highest BCUT2D eigenvalue weighted by atomic mass is 32.2. The van der Waals surface area contributed by atoms with Gasteiger partial charge in [0.25, 0.3) is 0 Å². The smallest absolute Gasteiger partial charge is 0.335 e. The van der Waals surface area contributed by atoms with E-state index in [1.807, 2.05) is 19.2 Å². The number of aromatic nitrogens is 2. The van der Waals surface area contributed by atoms with Crippen LogP contribution in [0.5, 0.6) is 0 Å². The van der Waals surface area contributed by atoms with E-state index >= 15 is 0 Å². The van der Waals surface area contributed by atoms with Gasteiger partial charge in [-0.1, -0.05) is 13.8 Å². The minimum atomic E-state index is -0.930. The van der Waals surface area contributed by atoms with Gasteiger partial charge < -0.3 is 5.11 Å². The van der Waals surface area contributed by atoms with Crippen molar-refractivity contribution in [3.05, 3.63) is 35.0 Å². The monoisotopic (exact) mass is 280 g/mol. The van der Waals surface area contributed by atoms with Crippen molar-refractivity contribution in [2.24, 2.45) is 0 Å². The molecule has 0 fully saturated rings. The van der Waals surface area contributed by atoms with Gasteiger partial charge in [-0.15, -0.1) is 11.3 Å². The first-order valence-electron chi connectivity index (χ1n) is 5.39. The maximum absolute atomic E-state index is 11.1. The van der Waals surface area contributed by atoms with Gasteiger partial charge in [-0.2, -0.15) is 0 Å². The summed E-state index contributed by atoms with van der Waals surface area (Å²) in [5.74, 6) is -0.736. The lowest BCUT2D eigenvalue weighted by molar-refractivity contribution is 0.0696. The van der Waals surface area contributed by atoms with E-state index in [0.29, 0.717) is 5.03 Å². The van der Waals surface area contributed by atoms with E-state index in [2.05, 4.69) is 9.97 Å². The zero-order valence-corrected chi connectivity index (χ0v) is 11.6. The fourth-order valence-electron chi connectivity index (χ4n) is 1.35. The van der Waals surface area contributed by atoms with Crippen LogP contribution in [0, 0.1) is 0 Å². The van der Waals surface area contributed by atoms with Gasteiger partial charge in [0.2, 0.25) is 0 Å². The van der Waals surface area contributed by atoms with E-state index in [-0.39, 0.29) is 11.5 Å². The van der Waals surface area contributed by atoms with E-state index in [1.165, 1.54) is 23.1 Å². The van der Waals surface area contributed by atoms with Gasteiger partial charge in [0.1, 0.15) is 5.03 Å². The molecule has 0 aliphatic heterocycles. The standard InChI is InChI=1S/C12H12N2O2S2/c1-7(2)9-5-8(11(15)16)6-10(14-9)18-12-13-3-4-17-12/h3-7H,1-2H3,(H,15,16). The third kappa shape index (κ3) is 3.08. The second-order valence-corrected chi connectivity index (χ2v) is 6.14. The number of nitrogens with zero attached hydrogens (tertiary/aromatic N) is 2. The Labute approximate surface area is 113 Å². The molecule has 0 bridgehead atoms. The van der Waals surface area contributed by atoms with Crippen molar-refractivity contribution in [1.29, 1.82) is 0 Å². The van der Waals surface area contributed by atoms with Crippen LogP contribution >= 0.6 is 23.1 Å². The predicted octanol–water partition coefficient (Wildman–Crippen LogP) is 3.51. The minimum absolute atomic E-state index is 0.194. The molecule has 0 unspecified atom stereocenters. The molecule has 0 amide bonds. The number of carbonyl (C=O) groups is 1. The van der Waals surface area contributed by atoms with Crippen LogP contribution < -0.4 is 0 Å². The van der Waals surface area contributed by atoms with Crippen LogP contribution in [0.1, 0.15) is 35.8 Å². The molecule has 2 rings (SSSR count). The number of thiazole rings is 1. The maximum Gasteiger partial charge on any atom is 0.335 e. The molecule has 94 valence electrons. The molecule has 0 spiro atoms. The predicted molar refractivity (Wildman–Crippen MR) is 71.5 cm³/mol. The topological polar surface area (TPSA) is 63.1 Å². The molecule has 0 saturated heterocycles. The van der Waals surface area contributed by atoms with Crippen molar-refractivity contribution in [3.63, 3.8) is 0 Å².